The monoisotopic (exact) mass is 276 g/mol. The second kappa shape index (κ2) is 7.65. The van der Waals surface area contributed by atoms with Crippen LogP contribution in [-0.2, 0) is 6.54 Å². The molecule has 112 valence electrons. The molecule has 1 fully saturated rings. The highest BCUT2D eigenvalue weighted by atomic mass is 16.5. The SMILES string of the molecule is CC(C)Oc1cccc(CNCC2CCCCN2C)c1. The molecule has 0 aromatic heterocycles. The van der Waals surface area contributed by atoms with Gasteiger partial charge in [0.1, 0.15) is 5.75 Å². The number of rotatable bonds is 6. The number of ether oxygens (including phenoxy) is 1. The van der Waals surface area contributed by atoms with Crippen LogP contribution in [0.1, 0.15) is 38.7 Å². The highest BCUT2D eigenvalue weighted by molar-refractivity contribution is 5.28. The minimum absolute atomic E-state index is 0.231. The van der Waals surface area contributed by atoms with Crippen molar-refractivity contribution in [3.63, 3.8) is 0 Å². The van der Waals surface area contributed by atoms with E-state index in [1.807, 2.05) is 6.07 Å². The third kappa shape index (κ3) is 4.80. The normalized spacial score (nSPS) is 20.3. The second-order valence-electron chi connectivity index (χ2n) is 6.08. The van der Waals surface area contributed by atoms with Gasteiger partial charge in [0.15, 0.2) is 0 Å². The van der Waals surface area contributed by atoms with Crippen molar-refractivity contribution in [3.8, 4) is 5.75 Å². The zero-order valence-corrected chi connectivity index (χ0v) is 13.1. The lowest BCUT2D eigenvalue weighted by molar-refractivity contribution is 0.181. The van der Waals surface area contributed by atoms with Gasteiger partial charge in [-0.15, -0.1) is 0 Å². The summed E-state index contributed by atoms with van der Waals surface area (Å²) in [4.78, 5) is 2.48. The summed E-state index contributed by atoms with van der Waals surface area (Å²) in [6.07, 6.45) is 4.27. The first kappa shape index (κ1) is 15.3. The van der Waals surface area contributed by atoms with Crippen LogP contribution < -0.4 is 10.1 Å². The summed E-state index contributed by atoms with van der Waals surface area (Å²) < 4.78 is 5.73. The van der Waals surface area contributed by atoms with Gasteiger partial charge < -0.3 is 15.0 Å². The molecule has 1 unspecified atom stereocenters. The molecule has 20 heavy (non-hydrogen) atoms. The summed E-state index contributed by atoms with van der Waals surface area (Å²) in [7, 11) is 2.24. The molecular weight excluding hydrogens is 248 g/mol. The van der Waals surface area contributed by atoms with Crippen LogP contribution in [0.15, 0.2) is 24.3 Å². The van der Waals surface area contributed by atoms with Crippen LogP contribution in [0.25, 0.3) is 0 Å². The lowest BCUT2D eigenvalue weighted by atomic mass is 10.0. The molecule has 1 saturated heterocycles. The molecule has 1 aromatic rings. The van der Waals surface area contributed by atoms with Crippen molar-refractivity contribution in [2.45, 2.75) is 51.8 Å². The molecule has 0 saturated carbocycles. The summed E-state index contributed by atoms with van der Waals surface area (Å²) in [5.41, 5.74) is 1.29. The average molecular weight is 276 g/mol. The molecule has 3 heteroatoms. The Morgan fingerprint density at radius 2 is 2.20 bits per heavy atom. The van der Waals surface area contributed by atoms with Crippen molar-refractivity contribution < 1.29 is 4.74 Å². The van der Waals surface area contributed by atoms with Crippen LogP contribution >= 0.6 is 0 Å². The molecule has 1 atom stereocenters. The van der Waals surface area contributed by atoms with E-state index in [0.717, 1.165) is 18.8 Å². The Morgan fingerprint density at radius 3 is 2.95 bits per heavy atom. The van der Waals surface area contributed by atoms with E-state index in [2.05, 4.69) is 49.3 Å². The molecule has 2 rings (SSSR count). The standard InChI is InChI=1S/C17H28N2O/c1-14(2)20-17-9-6-7-15(11-17)12-18-13-16-8-4-5-10-19(16)3/h6-7,9,11,14,16,18H,4-5,8,10,12-13H2,1-3H3. The predicted octanol–water partition coefficient (Wildman–Crippen LogP) is 3.05. The number of piperidine rings is 1. The smallest absolute Gasteiger partial charge is 0.120 e. The van der Waals surface area contributed by atoms with Crippen LogP contribution in [0.3, 0.4) is 0 Å². The molecule has 1 N–H and O–H groups in total. The molecule has 1 aliphatic heterocycles. The van der Waals surface area contributed by atoms with Crippen LogP contribution in [0, 0.1) is 0 Å². The molecule has 0 spiro atoms. The van der Waals surface area contributed by atoms with Crippen molar-refractivity contribution in [2.75, 3.05) is 20.1 Å². The quantitative estimate of drug-likeness (QED) is 0.864. The van der Waals surface area contributed by atoms with Gasteiger partial charge in [0, 0.05) is 19.1 Å². The van der Waals surface area contributed by atoms with E-state index >= 15 is 0 Å². The van der Waals surface area contributed by atoms with E-state index in [-0.39, 0.29) is 6.10 Å². The van der Waals surface area contributed by atoms with E-state index in [1.165, 1.54) is 31.4 Å². The second-order valence-corrected chi connectivity index (χ2v) is 6.08. The fraction of sp³-hybridized carbons (Fsp3) is 0.647. The zero-order valence-electron chi connectivity index (χ0n) is 13.1. The number of hydrogen-bond donors (Lipinski definition) is 1. The lowest BCUT2D eigenvalue weighted by Crippen LogP contribution is -2.42. The number of nitrogens with zero attached hydrogens (tertiary/aromatic N) is 1. The van der Waals surface area contributed by atoms with Gasteiger partial charge in [-0.2, -0.15) is 0 Å². The van der Waals surface area contributed by atoms with Gasteiger partial charge >= 0.3 is 0 Å². The van der Waals surface area contributed by atoms with Crippen LogP contribution in [0.2, 0.25) is 0 Å². The highest BCUT2D eigenvalue weighted by Gasteiger charge is 2.17. The fourth-order valence-corrected chi connectivity index (χ4v) is 2.79. The van der Waals surface area contributed by atoms with E-state index in [1.54, 1.807) is 0 Å². The Morgan fingerprint density at radius 1 is 1.35 bits per heavy atom. The van der Waals surface area contributed by atoms with E-state index < -0.39 is 0 Å². The Hall–Kier alpha value is -1.06. The van der Waals surface area contributed by atoms with Gasteiger partial charge in [-0.3, -0.25) is 0 Å². The highest BCUT2D eigenvalue weighted by Crippen LogP contribution is 2.16. The van der Waals surface area contributed by atoms with Crippen LogP contribution in [-0.4, -0.2) is 37.2 Å². The number of benzene rings is 1. The van der Waals surface area contributed by atoms with E-state index in [9.17, 15) is 0 Å². The maximum Gasteiger partial charge on any atom is 0.120 e. The summed E-state index contributed by atoms with van der Waals surface area (Å²) in [5.74, 6) is 0.967. The molecule has 0 radical (unpaired) electrons. The Balaban J connectivity index is 1.78. The van der Waals surface area contributed by atoms with Gasteiger partial charge in [0.2, 0.25) is 0 Å². The molecule has 0 bridgehead atoms. The number of hydrogen-bond acceptors (Lipinski definition) is 3. The first-order valence-electron chi connectivity index (χ1n) is 7.81. The molecular formula is C17H28N2O. The van der Waals surface area contributed by atoms with Gasteiger partial charge in [0.25, 0.3) is 0 Å². The van der Waals surface area contributed by atoms with Gasteiger partial charge in [-0.05, 0) is 58.0 Å². The maximum absolute atomic E-state index is 5.73. The molecule has 1 aromatic carbocycles. The molecule has 1 heterocycles. The summed E-state index contributed by atoms with van der Waals surface area (Å²) >= 11 is 0. The lowest BCUT2D eigenvalue weighted by Gasteiger charge is -2.32. The Kier molecular flexibility index (Phi) is 5.86. The maximum atomic E-state index is 5.73. The van der Waals surface area contributed by atoms with Crippen LogP contribution in [0.5, 0.6) is 5.75 Å². The van der Waals surface area contributed by atoms with Gasteiger partial charge in [-0.1, -0.05) is 18.6 Å². The van der Waals surface area contributed by atoms with Gasteiger partial charge in [0.05, 0.1) is 6.10 Å². The predicted molar refractivity (Wildman–Crippen MR) is 84.2 cm³/mol. The minimum Gasteiger partial charge on any atom is -0.491 e. The Labute approximate surface area is 123 Å². The molecule has 0 aliphatic carbocycles. The number of likely N-dealkylation sites (N-methyl/N-ethyl adjacent to an activating group) is 1. The number of likely N-dealkylation sites (tertiary alicyclic amines) is 1. The summed E-state index contributed by atoms with van der Waals surface area (Å²) in [6.45, 7) is 7.35. The van der Waals surface area contributed by atoms with Crippen molar-refractivity contribution in [3.05, 3.63) is 29.8 Å². The van der Waals surface area contributed by atoms with Gasteiger partial charge in [-0.25, -0.2) is 0 Å². The van der Waals surface area contributed by atoms with Crippen LogP contribution in [0.4, 0.5) is 0 Å². The van der Waals surface area contributed by atoms with E-state index in [4.69, 9.17) is 4.74 Å². The topological polar surface area (TPSA) is 24.5 Å². The largest absolute Gasteiger partial charge is 0.491 e. The average Bonchev–Trinajstić information content (AvgIpc) is 2.41. The minimum atomic E-state index is 0.231. The van der Waals surface area contributed by atoms with Crippen molar-refractivity contribution >= 4 is 0 Å². The van der Waals surface area contributed by atoms with Crippen molar-refractivity contribution in [1.29, 1.82) is 0 Å². The Bertz CT molecular complexity index is 406. The van der Waals surface area contributed by atoms with Crippen molar-refractivity contribution in [1.82, 2.24) is 10.2 Å². The fourth-order valence-electron chi connectivity index (χ4n) is 2.79. The first-order chi connectivity index (χ1) is 9.65. The zero-order chi connectivity index (χ0) is 14.4. The molecule has 3 nitrogen and oxygen atoms in total. The summed E-state index contributed by atoms with van der Waals surface area (Å²) in [6, 6.07) is 9.08. The third-order valence-electron chi connectivity index (χ3n) is 3.90. The first-order valence-corrected chi connectivity index (χ1v) is 7.81. The molecule has 0 amide bonds. The van der Waals surface area contributed by atoms with Crippen molar-refractivity contribution in [2.24, 2.45) is 0 Å². The third-order valence-corrected chi connectivity index (χ3v) is 3.90. The van der Waals surface area contributed by atoms with E-state index in [0.29, 0.717) is 6.04 Å². The number of nitrogens with one attached hydrogen (secondary N) is 1. The molecule has 1 aliphatic rings. The summed E-state index contributed by atoms with van der Waals surface area (Å²) in [5, 5.41) is 3.59.